The van der Waals surface area contributed by atoms with Gasteiger partial charge >= 0.3 is 0 Å². The number of hydrogen-bond donors (Lipinski definition) is 2. The maximum absolute atomic E-state index is 11.9. The summed E-state index contributed by atoms with van der Waals surface area (Å²) in [7, 11) is 5.24. The predicted octanol–water partition coefficient (Wildman–Crippen LogP) is 0.299. The molecule has 1 unspecified atom stereocenters. The molecule has 0 aliphatic carbocycles. The number of likely N-dealkylation sites (N-methyl/N-ethyl adjacent to an activating group) is 2. The van der Waals surface area contributed by atoms with Crippen molar-refractivity contribution in [2.45, 2.75) is 6.92 Å². The number of nitrogens with zero attached hydrogens (tertiary/aromatic N) is 1. The number of aryl methyl sites for hydroxylation is 1. The number of halogens is 1. The third-order valence-corrected chi connectivity index (χ3v) is 3.47. The van der Waals surface area contributed by atoms with Crippen LogP contribution in [0.5, 0.6) is 0 Å². The van der Waals surface area contributed by atoms with Gasteiger partial charge in [-0.15, -0.1) is 0 Å². The van der Waals surface area contributed by atoms with Crippen LogP contribution in [0.1, 0.15) is 5.56 Å². The molecule has 1 aromatic carbocycles. The van der Waals surface area contributed by atoms with E-state index in [1.165, 1.54) is 4.90 Å². The van der Waals surface area contributed by atoms with Gasteiger partial charge in [-0.05, 0) is 40.5 Å². The Bertz CT molecular complexity index is 503. The van der Waals surface area contributed by atoms with Gasteiger partial charge in [-0.25, -0.2) is 0 Å². The number of carbonyl (C=O) groups excluding carboxylic acids is 2. The molecule has 0 aliphatic rings. The number of quaternary nitrogens is 1. The third kappa shape index (κ3) is 5.30. The quantitative estimate of drug-likeness (QED) is 0.808. The van der Waals surface area contributed by atoms with E-state index in [2.05, 4.69) is 21.2 Å². The summed E-state index contributed by atoms with van der Waals surface area (Å²) >= 11 is 3.42. The molecule has 0 aromatic heterocycles. The summed E-state index contributed by atoms with van der Waals surface area (Å²) in [5, 5.41) is 2.84. The molecule has 0 heterocycles. The first-order valence-corrected chi connectivity index (χ1v) is 7.16. The number of benzene rings is 1. The van der Waals surface area contributed by atoms with Crippen LogP contribution in [0.2, 0.25) is 0 Å². The van der Waals surface area contributed by atoms with Crippen molar-refractivity contribution in [3.05, 3.63) is 28.2 Å². The van der Waals surface area contributed by atoms with Gasteiger partial charge in [0, 0.05) is 18.6 Å². The van der Waals surface area contributed by atoms with Gasteiger partial charge in [0.1, 0.15) is 0 Å². The molecule has 0 bridgehead atoms. The minimum atomic E-state index is -0.112. The summed E-state index contributed by atoms with van der Waals surface area (Å²) in [6.07, 6.45) is 0. The van der Waals surface area contributed by atoms with Crippen LogP contribution in [0.25, 0.3) is 0 Å². The van der Waals surface area contributed by atoms with Crippen molar-refractivity contribution in [2.75, 3.05) is 39.5 Å². The first kappa shape index (κ1) is 16.7. The first-order valence-electron chi connectivity index (χ1n) is 6.37. The normalized spacial score (nSPS) is 11.8. The molecule has 0 radical (unpaired) electrons. The van der Waals surface area contributed by atoms with Gasteiger partial charge in [0.2, 0.25) is 0 Å². The SMILES string of the molecule is Cc1ccc(NC(=O)C[NH+](C)CC(=O)N(C)C)c(Br)c1. The van der Waals surface area contributed by atoms with Gasteiger partial charge in [-0.3, -0.25) is 9.59 Å². The highest BCUT2D eigenvalue weighted by molar-refractivity contribution is 9.10. The fraction of sp³-hybridized carbons (Fsp3) is 0.429. The van der Waals surface area contributed by atoms with Crippen molar-refractivity contribution < 1.29 is 14.5 Å². The van der Waals surface area contributed by atoms with Crippen LogP contribution in [0.3, 0.4) is 0 Å². The molecular weight excluding hydrogens is 322 g/mol. The Morgan fingerprint density at radius 3 is 2.50 bits per heavy atom. The molecule has 0 fully saturated rings. The summed E-state index contributed by atoms with van der Waals surface area (Å²) in [6.45, 7) is 2.54. The predicted molar refractivity (Wildman–Crippen MR) is 82.8 cm³/mol. The van der Waals surface area contributed by atoms with Crippen molar-refractivity contribution in [3.8, 4) is 0 Å². The highest BCUT2D eigenvalue weighted by Gasteiger charge is 2.16. The average Bonchev–Trinajstić information content (AvgIpc) is 2.32. The zero-order valence-electron chi connectivity index (χ0n) is 12.3. The van der Waals surface area contributed by atoms with Crippen LogP contribution >= 0.6 is 15.9 Å². The largest absolute Gasteiger partial charge is 0.344 e. The van der Waals surface area contributed by atoms with Crippen molar-refractivity contribution in [2.24, 2.45) is 0 Å². The maximum atomic E-state index is 11.9. The fourth-order valence-corrected chi connectivity index (χ4v) is 2.26. The van der Waals surface area contributed by atoms with Crippen molar-refractivity contribution >= 4 is 33.4 Å². The number of hydrogen-bond acceptors (Lipinski definition) is 2. The minimum Gasteiger partial charge on any atom is -0.344 e. The van der Waals surface area contributed by atoms with E-state index in [9.17, 15) is 9.59 Å². The Hall–Kier alpha value is -1.40. The second-order valence-electron chi connectivity index (χ2n) is 5.13. The van der Waals surface area contributed by atoms with Crippen LogP contribution in [-0.4, -0.2) is 50.9 Å². The highest BCUT2D eigenvalue weighted by Crippen LogP contribution is 2.22. The number of amides is 2. The Morgan fingerprint density at radius 1 is 1.30 bits per heavy atom. The van der Waals surface area contributed by atoms with Crippen LogP contribution in [0.4, 0.5) is 5.69 Å². The zero-order chi connectivity index (χ0) is 15.3. The summed E-state index contributed by atoms with van der Waals surface area (Å²) in [4.78, 5) is 25.9. The number of nitrogens with one attached hydrogen (secondary N) is 2. The Kier molecular flexibility index (Phi) is 6.16. The van der Waals surface area contributed by atoms with E-state index in [4.69, 9.17) is 0 Å². The Labute approximate surface area is 128 Å². The molecule has 5 nitrogen and oxygen atoms in total. The minimum absolute atomic E-state index is 0.00631. The molecule has 1 atom stereocenters. The molecule has 1 rings (SSSR count). The monoisotopic (exact) mass is 342 g/mol. The molecule has 0 saturated carbocycles. The average molecular weight is 343 g/mol. The van der Waals surface area contributed by atoms with Crippen molar-refractivity contribution in [3.63, 3.8) is 0 Å². The van der Waals surface area contributed by atoms with Crippen LogP contribution in [-0.2, 0) is 9.59 Å². The molecule has 20 heavy (non-hydrogen) atoms. The van der Waals surface area contributed by atoms with Gasteiger partial charge < -0.3 is 15.1 Å². The van der Waals surface area contributed by atoms with E-state index in [0.29, 0.717) is 6.54 Å². The number of rotatable bonds is 5. The van der Waals surface area contributed by atoms with Crippen LogP contribution in [0.15, 0.2) is 22.7 Å². The van der Waals surface area contributed by atoms with Gasteiger partial charge in [0.05, 0.1) is 12.7 Å². The highest BCUT2D eigenvalue weighted by atomic mass is 79.9. The Morgan fingerprint density at radius 2 is 1.95 bits per heavy atom. The van der Waals surface area contributed by atoms with E-state index in [1.807, 2.05) is 32.2 Å². The molecule has 6 heteroatoms. The molecule has 2 N–H and O–H groups in total. The maximum Gasteiger partial charge on any atom is 0.279 e. The topological polar surface area (TPSA) is 53.9 Å². The van der Waals surface area contributed by atoms with Gasteiger partial charge in [-0.1, -0.05) is 6.07 Å². The Balaban J connectivity index is 2.53. The van der Waals surface area contributed by atoms with Crippen molar-refractivity contribution in [1.29, 1.82) is 0 Å². The molecule has 0 saturated heterocycles. The van der Waals surface area contributed by atoms with Gasteiger partial charge in [0.15, 0.2) is 13.1 Å². The smallest absolute Gasteiger partial charge is 0.279 e. The first-order chi connectivity index (χ1) is 9.29. The van der Waals surface area contributed by atoms with Gasteiger partial charge in [-0.2, -0.15) is 0 Å². The lowest BCUT2D eigenvalue weighted by molar-refractivity contribution is -0.862. The van der Waals surface area contributed by atoms with E-state index < -0.39 is 0 Å². The van der Waals surface area contributed by atoms with Crippen molar-refractivity contribution in [1.82, 2.24) is 4.90 Å². The van der Waals surface area contributed by atoms with E-state index in [0.717, 1.165) is 20.6 Å². The molecule has 1 aromatic rings. The molecule has 0 spiro atoms. The lowest BCUT2D eigenvalue weighted by Gasteiger charge is -2.16. The van der Waals surface area contributed by atoms with E-state index in [-0.39, 0.29) is 18.4 Å². The lowest BCUT2D eigenvalue weighted by atomic mass is 10.2. The van der Waals surface area contributed by atoms with E-state index in [1.54, 1.807) is 14.1 Å². The fourth-order valence-electron chi connectivity index (χ4n) is 1.67. The number of carbonyl (C=O) groups is 2. The molecule has 110 valence electrons. The summed E-state index contributed by atoms with van der Waals surface area (Å²) in [6, 6.07) is 5.74. The van der Waals surface area contributed by atoms with Crippen LogP contribution in [0, 0.1) is 6.92 Å². The number of anilines is 1. The molecule has 0 aliphatic heterocycles. The lowest BCUT2D eigenvalue weighted by Crippen LogP contribution is -3.11. The summed E-state index contributed by atoms with van der Waals surface area (Å²) < 4.78 is 0.855. The van der Waals surface area contributed by atoms with Gasteiger partial charge in [0.25, 0.3) is 11.8 Å². The third-order valence-electron chi connectivity index (χ3n) is 2.81. The summed E-state index contributed by atoms with van der Waals surface area (Å²) in [5.41, 5.74) is 1.86. The molecule has 2 amide bonds. The summed E-state index contributed by atoms with van der Waals surface area (Å²) in [5.74, 6) is -0.106. The van der Waals surface area contributed by atoms with E-state index >= 15 is 0 Å². The second-order valence-corrected chi connectivity index (χ2v) is 5.98. The van der Waals surface area contributed by atoms with Crippen LogP contribution < -0.4 is 10.2 Å². The second kappa shape index (κ2) is 7.40. The molecular formula is C14H21BrN3O2+. The zero-order valence-corrected chi connectivity index (χ0v) is 13.9. The standard InChI is InChI=1S/C14H20BrN3O2/c1-10-5-6-12(11(15)7-10)16-13(19)8-18(4)9-14(20)17(2)3/h5-7H,8-9H2,1-4H3,(H,16,19)/p+1.